The standard InChI is InChI=1S/C50H37FN6O8S/c1-27(55-47(59)43-44-31(11-8-19-53-44)25-54-46(43)52)36-22-30-10-7-9-29(41(30)49(61)57(36)33-12-5-4-6-13-33)16-14-28-15-17-35(51)32(21-28)26-65-40(58)18-20-56-48(60)42-34-23-37(63-2)38(64-3)24-39(34)66-45(42)50(56)62/h4-13,15,17,19,21-25,27H,18,20,26H2,1-3H3,(H2,52,54)(H,55,59)/t27-/m0/s1. The Balaban J connectivity index is 0.928. The molecule has 1 aliphatic heterocycles. The molecule has 0 spiro atoms. The van der Waals surface area contributed by atoms with Gasteiger partial charge in [0, 0.05) is 68.5 Å². The Labute approximate surface area is 379 Å². The van der Waals surface area contributed by atoms with Gasteiger partial charge >= 0.3 is 5.97 Å². The number of carbonyl (C=O) groups is 4. The minimum atomic E-state index is -0.747. The fraction of sp³-hybridized carbons (Fsp3) is 0.140. The molecule has 14 nitrogen and oxygen atoms in total. The van der Waals surface area contributed by atoms with E-state index in [-0.39, 0.29) is 45.9 Å². The summed E-state index contributed by atoms with van der Waals surface area (Å²) in [4.78, 5) is 77.8. The molecule has 3 N–H and O–H groups in total. The van der Waals surface area contributed by atoms with Gasteiger partial charge < -0.3 is 25.3 Å². The average molecular weight is 901 g/mol. The largest absolute Gasteiger partial charge is 0.493 e. The molecule has 5 heterocycles. The monoisotopic (exact) mass is 900 g/mol. The topological polar surface area (TPSA) is 185 Å². The van der Waals surface area contributed by atoms with Gasteiger partial charge in [-0.05, 0) is 73.0 Å². The predicted molar refractivity (Wildman–Crippen MR) is 246 cm³/mol. The molecule has 66 heavy (non-hydrogen) atoms. The van der Waals surface area contributed by atoms with Gasteiger partial charge in [-0.3, -0.25) is 38.4 Å². The van der Waals surface area contributed by atoms with Gasteiger partial charge in [-0.2, -0.15) is 0 Å². The highest BCUT2D eigenvalue weighted by atomic mass is 32.1. The molecule has 1 atom stereocenters. The highest BCUT2D eigenvalue weighted by Gasteiger charge is 2.39. The van der Waals surface area contributed by atoms with Crippen molar-refractivity contribution in [3.05, 3.63) is 164 Å². The second kappa shape index (κ2) is 17.6. The molecule has 0 radical (unpaired) electrons. The van der Waals surface area contributed by atoms with E-state index in [2.05, 4.69) is 27.1 Å². The van der Waals surface area contributed by atoms with Crippen molar-refractivity contribution in [2.45, 2.75) is 26.0 Å². The van der Waals surface area contributed by atoms with E-state index in [1.807, 2.05) is 12.1 Å². The lowest BCUT2D eigenvalue weighted by Crippen LogP contribution is -2.33. The third-order valence-electron chi connectivity index (χ3n) is 11.2. The van der Waals surface area contributed by atoms with Gasteiger partial charge in [0.05, 0.1) is 43.1 Å². The Morgan fingerprint density at radius 3 is 2.44 bits per heavy atom. The first-order valence-electron chi connectivity index (χ1n) is 20.5. The fourth-order valence-electron chi connectivity index (χ4n) is 7.95. The van der Waals surface area contributed by atoms with E-state index in [0.29, 0.717) is 65.8 Å². The Morgan fingerprint density at radius 2 is 1.65 bits per heavy atom. The predicted octanol–water partition coefficient (Wildman–Crippen LogP) is 7.51. The summed E-state index contributed by atoms with van der Waals surface area (Å²) in [5, 5.41) is 5.06. The van der Waals surface area contributed by atoms with Crippen molar-refractivity contribution in [2.75, 3.05) is 26.5 Å². The van der Waals surface area contributed by atoms with Gasteiger partial charge in [-0.15, -0.1) is 11.3 Å². The van der Waals surface area contributed by atoms with Gasteiger partial charge in [-0.25, -0.2) is 9.37 Å². The molecule has 16 heteroatoms. The maximum absolute atomic E-state index is 15.1. The number of ether oxygens (including phenoxy) is 3. The van der Waals surface area contributed by atoms with Crippen molar-refractivity contribution in [3.8, 4) is 29.0 Å². The number of anilines is 1. The normalized spacial score (nSPS) is 12.5. The Bertz CT molecular complexity index is 3450. The summed E-state index contributed by atoms with van der Waals surface area (Å²) in [7, 11) is 2.96. The van der Waals surface area contributed by atoms with Crippen LogP contribution in [0.1, 0.15) is 72.2 Å². The van der Waals surface area contributed by atoms with E-state index in [1.54, 1.807) is 86.0 Å². The summed E-state index contributed by atoms with van der Waals surface area (Å²) in [5.41, 5.74) is 8.42. The molecule has 328 valence electrons. The van der Waals surface area contributed by atoms with E-state index >= 15 is 4.39 Å². The lowest BCUT2D eigenvalue weighted by molar-refractivity contribution is -0.145. The number of aromatic nitrogens is 3. The van der Waals surface area contributed by atoms with E-state index in [9.17, 15) is 24.0 Å². The van der Waals surface area contributed by atoms with Gasteiger partial charge in [0.25, 0.3) is 23.3 Å². The molecule has 4 aromatic carbocycles. The van der Waals surface area contributed by atoms with Crippen LogP contribution < -0.4 is 26.1 Å². The zero-order valence-corrected chi connectivity index (χ0v) is 36.3. The van der Waals surface area contributed by atoms with Crippen LogP contribution in [0.3, 0.4) is 0 Å². The first kappa shape index (κ1) is 42.9. The number of hydrogen-bond donors (Lipinski definition) is 2. The maximum Gasteiger partial charge on any atom is 0.307 e. The zero-order valence-electron chi connectivity index (χ0n) is 35.5. The van der Waals surface area contributed by atoms with Crippen LogP contribution >= 0.6 is 11.3 Å². The number of halogens is 1. The lowest BCUT2D eigenvalue weighted by Gasteiger charge is -2.21. The Kier molecular flexibility index (Phi) is 11.4. The average Bonchev–Trinajstić information content (AvgIpc) is 3.81. The highest BCUT2D eigenvalue weighted by Crippen LogP contribution is 2.42. The molecule has 4 aromatic heterocycles. The number of amides is 3. The van der Waals surface area contributed by atoms with Crippen molar-refractivity contribution in [2.24, 2.45) is 0 Å². The third kappa shape index (κ3) is 7.81. The third-order valence-corrected chi connectivity index (χ3v) is 12.3. The van der Waals surface area contributed by atoms with Gasteiger partial charge in [0.2, 0.25) is 0 Å². The van der Waals surface area contributed by atoms with Crippen molar-refractivity contribution in [1.82, 2.24) is 24.8 Å². The summed E-state index contributed by atoms with van der Waals surface area (Å²) < 4.78 is 33.4. The van der Waals surface area contributed by atoms with E-state index in [1.165, 1.54) is 37.0 Å². The van der Waals surface area contributed by atoms with Crippen molar-refractivity contribution >= 4 is 72.6 Å². The van der Waals surface area contributed by atoms with Crippen LogP contribution in [0.2, 0.25) is 0 Å². The molecule has 0 saturated heterocycles. The highest BCUT2D eigenvalue weighted by molar-refractivity contribution is 7.21. The smallest absolute Gasteiger partial charge is 0.307 e. The fourth-order valence-corrected chi connectivity index (χ4v) is 9.10. The van der Waals surface area contributed by atoms with Crippen LogP contribution in [0.15, 0.2) is 114 Å². The molecule has 3 amide bonds. The Morgan fingerprint density at radius 1 is 0.879 bits per heavy atom. The summed E-state index contributed by atoms with van der Waals surface area (Å²) in [6.45, 7) is 1.09. The molecule has 0 aliphatic carbocycles. The Hall–Kier alpha value is -8.42. The van der Waals surface area contributed by atoms with Crippen LogP contribution in [0.5, 0.6) is 11.5 Å². The number of methoxy groups -OCH3 is 2. The molecule has 9 rings (SSSR count). The molecular weight excluding hydrogens is 864 g/mol. The number of esters is 1. The SMILES string of the molecule is COc1cc2sc3c(c2cc1OC)C(=O)N(CCC(=O)OCc1cc(C#Cc2cccc4cc([C@H](C)NC(=O)c5c(N)ncc6cccnc56)n(-c5ccccc5)c(=O)c24)ccc1F)C3=O. The maximum atomic E-state index is 15.1. The van der Waals surface area contributed by atoms with Crippen LogP contribution in [-0.2, 0) is 16.1 Å². The number of nitrogens with one attached hydrogen (secondary N) is 1. The molecular formula is C50H37FN6O8S. The van der Waals surface area contributed by atoms with Crippen molar-refractivity contribution in [1.29, 1.82) is 0 Å². The minimum Gasteiger partial charge on any atom is -0.493 e. The number of hydrogen-bond acceptors (Lipinski definition) is 12. The van der Waals surface area contributed by atoms with Crippen LogP contribution in [0.4, 0.5) is 10.2 Å². The van der Waals surface area contributed by atoms with Gasteiger partial charge in [-0.1, -0.05) is 42.2 Å². The second-order valence-corrected chi connectivity index (χ2v) is 16.3. The number of pyridine rings is 3. The number of carbonyl (C=O) groups excluding carboxylic acids is 4. The summed E-state index contributed by atoms with van der Waals surface area (Å²) in [6.07, 6.45) is 2.80. The number of thiophene rings is 1. The number of nitrogens with zero attached hydrogens (tertiary/aromatic N) is 4. The number of nitrogens with two attached hydrogens (primary N) is 1. The van der Waals surface area contributed by atoms with Crippen molar-refractivity contribution in [3.63, 3.8) is 0 Å². The molecule has 0 bridgehead atoms. The quantitative estimate of drug-likeness (QED) is 0.0744. The number of para-hydroxylation sites is 1. The first-order valence-corrected chi connectivity index (χ1v) is 21.3. The van der Waals surface area contributed by atoms with Crippen molar-refractivity contribution < 1.29 is 37.8 Å². The lowest BCUT2D eigenvalue weighted by atomic mass is 10.0. The number of rotatable bonds is 11. The number of imide groups is 1. The number of benzene rings is 4. The number of nitrogen functional groups attached to an aromatic ring is 1. The first-order chi connectivity index (χ1) is 31.9. The molecule has 0 unspecified atom stereocenters. The van der Waals surface area contributed by atoms with E-state index in [0.717, 1.165) is 16.2 Å². The van der Waals surface area contributed by atoms with Crippen LogP contribution in [-0.4, -0.2) is 63.9 Å². The van der Waals surface area contributed by atoms with Crippen LogP contribution in [0.25, 0.3) is 37.4 Å². The van der Waals surface area contributed by atoms with E-state index < -0.39 is 42.2 Å². The van der Waals surface area contributed by atoms with Crippen LogP contribution in [0, 0.1) is 17.7 Å². The summed E-state index contributed by atoms with van der Waals surface area (Å²) in [5.74, 6) is 4.02. The van der Waals surface area contributed by atoms with E-state index in [4.69, 9.17) is 19.9 Å². The number of fused-ring (bicyclic) bond motifs is 5. The zero-order chi connectivity index (χ0) is 46.2. The van der Waals surface area contributed by atoms with Gasteiger partial charge in [0.15, 0.2) is 11.5 Å². The minimum absolute atomic E-state index is 0.0181. The van der Waals surface area contributed by atoms with Gasteiger partial charge in [0.1, 0.15) is 28.7 Å². The molecule has 0 saturated carbocycles. The second-order valence-electron chi connectivity index (χ2n) is 15.2. The summed E-state index contributed by atoms with van der Waals surface area (Å²) in [6, 6.07) is 26.3. The molecule has 0 fully saturated rings. The molecule has 8 aromatic rings. The molecule has 1 aliphatic rings. The summed E-state index contributed by atoms with van der Waals surface area (Å²) >= 11 is 1.15.